The highest BCUT2D eigenvalue weighted by Crippen LogP contribution is 2.40. The van der Waals surface area contributed by atoms with E-state index in [2.05, 4.69) is 9.97 Å². The highest BCUT2D eigenvalue weighted by Gasteiger charge is 2.38. The summed E-state index contributed by atoms with van der Waals surface area (Å²) in [5, 5.41) is 0.738. The molecule has 0 spiro atoms. The van der Waals surface area contributed by atoms with Crippen LogP contribution in [0.4, 0.5) is 0 Å². The molecule has 5 heteroatoms. The van der Waals surface area contributed by atoms with Gasteiger partial charge in [0.2, 0.25) is 0 Å². The van der Waals surface area contributed by atoms with Crippen molar-refractivity contribution >= 4 is 23.2 Å². The smallest absolute Gasteiger partial charge is 0.163 e. The van der Waals surface area contributed by atoms with Crippen molar-refractivity contribution in [3.8, 4) is 0 Å². The van der Waals surface area contributed by atoms with Gasteiger partial charge in [0.15, 0.2) is 5.82 Å². The van der Waals surface area contributed by atoms with E-state index < -0.39 is 0 Å². The monoisotopic (exact) mass is 246 g/mol. The molecule has 1 saturated carbocycles. The van der Waals surface area contributed by atoms with Crippen molar-refractivity contribution in [2.45, 2.75) is 31.3 Å². The van der Waals surface area contributed by atoms with E-state index in [0.29, 0.717) is 16.1 Å². The summed E-state index contributed by atoms with van der Waals surface area (Å²) in [4.78, 5) is 8.41. The van der Waals surface area contributed by atoms with Gasteiger partial charge in [-0.2, -0.15) is 0 Å². The van der Waals surface area contributed by atoms with Gasteiger partial charge in [0.05, 0.1) is 0 Å². The molecule has 1 aromatic rings. The van der Waals surface area contributed by atoms with Gasteiger partial charge < -0.3 is 4.74 Å². The number of hydrogen-bond acceptors (Lipinski definition) is 3. The van der Waals surface area contributed by atoms with Gasteiger partial charge in [-0.25, -0.2) is 9.97 Å². The molecule has 0 atom stereocenters. The van der Waals surface area contributed by atoms with Gasteiger partial charge in [0.25, 0.3) is 0 Å². The second-order valence-corrected chi connectivity index (χ2v) is 4.52. The van der Waals surface area contributed by atoms with Crippen LogP contribution >= 0.6 is 23.2 Å². The molecule has 1 aliphatic carbocycles. The number of hydrogen-bond donors (Lipinski definition) is 0. The first-order chi connectivity index (χ1) is 7.16. The van der Waals surface area contributed by atoms with Crippen molar-refractivity contribution in [3.63, 3.8) is 0 Å². The third kappa shape index (κ3) is 2.10. The number of aromatic nitrogens is 2. The molecular formula is C10H12Cl2N2O. The average molecular weight is 247 g/mol. The van der Waals surface area contributed by atoms with Crippen LogP contribution in [-0.4, -0.2) is 17.1 Å². The zero-order valence-corrected chi connectivity index (χ0v) is 9.98. The number of ether oxygens (including phenoxy) is 1. The first-order valence-electron chi connectivity index (χ1n) is 4.92. The van der Waals surface area contributed by atoms with E-state index in [0.717, 1.165) is 25.7 Å². The summed E-state index contributed by atoms with van der Waals surface area (Å²) in [6.45, 7) is 0. The molecule has 0 radical (unpaired) electrons. The first kappa shape index (κ1) is 11.1. The summed E-state index contributed by atoms with van der Waals surface area (Å²) in [6.07, 6.45) is 4.11. The third-order valence-corrected chi connectivity index (χ3v) is 3.26. The Morgan fingerprint density at radius 2 is 1.73 bits per heavy atom. The molecule has 3 nitrogen and oxygen atoms in total. The Kier molecular flexibility index (Phi) is 3.14. The summed E-state index contributed by atoms with van der Waals surface area (Å²) in [7, 11) is 1.68. The SMILES string of the molecule is COC1(c2nc(Cl)cc(Cl)n2)CCCC1. The molecule has 1 fully saturated rings. The highest BCUT2D eigenvalue weighted by atomic mass is 35.5. The van der Waals surface area contributed by atoms with Gasteiger partial charge in [-0.15, -0.1) is 0 Å². The minimum atomic E-state index is -0.380. The van der Waals surface area contributed by atoms with Gasteiger partial charge in [0.1, 0.15) is 15.9 Å². The fourth-order valence-electron chi connectivity index (χ4n) is 2.06. The summed E-state index contributed by atoms with van der Waals surface area (Å²) in [5.41, 5.74) is -0.380. The zero-order chi connectivity index (χ0) is 10.9. The Morgan fingerprint density at radius 1 is 1.20 bits per heavy atom. The van der Waals surface area contributed by atoms with Crippen LogP contribution in [0.5, 0.6) is 0 Å². The van der Waals surface area contributed by atoms with E-state index in [1.54, 1.807) is 7.11 Å². The quantitative estimate of drug-likeness (QED) is 0.752. The molecular weight excluding hydrogens is 235 g/mol. The molecule has 0 N–H and O–H groups in total. The molecule has 1 aromatic heterocycles. The lowest BCUT2D eigenvalue weighted by Gasteiger charge is -2.25. The Hall–Kier alpha value is -0.380. The minimum absolute atomic E-state index is 0.369. The number of nitrogens with zero attached hydrogens (tertiary/aromatic N) is 2. The van der Waals surface area contributed by atoms with E-state index in [1.165, 1.54) is 6.07 Å². The van der Waals surface area contributed by atoms with Gasteiger partial charge in [0, 0.05) is 13.2 Å². The summed E-state index contributed by atoms with van der Waals surface area (Å²) < 4.78 is 5.55. The first-order valence-corrected chi connectivity index (χ1v) is 5.68. The van der Waals surface area contributed by atoms with Crippen molar-refractivity contribution in [2.75, 3.05) is 7.11 Å². The Morgan fingerprint density at radius 3 is 2.20 bits per heavy atom. The van der Waals surface area contributed by atoms with E-state index >= 15 is 0 Å². The molecule has 2 rings (SSSR count). The molecule has 1 aliphatic rings. The lowest BCUT2D eigenvalue weighted by molar-refractivity contribution is -0.0162. The Labute approximate surface area is 98.8 Å². The summed E-state index contributed by atoms with van der Waals surface area (Å²) in [6, 6.07) is 1.53. The zero-order valence-electron chi connectivity index (χ0n) is 8.46. The minimum Gasteiger partial charge on any atom is -0.370 e. The maximum atomic E-state index is 5.86. The van der Waals surface area contributed by atoms with Crippen LogP contribution in [0.1, 0.15) is 31.5 Å². The number of methoxy groups -OCH3 is 1. The summed E-state index contributed by atoms with van der Waals surface area (Å²) in [5.74, 6) is 0.611. The Bertz CT molecular complexity index is 344. The molecule has 82 valence electrons. The van der Waals surface area contributed by atoms with Gasteiger partial charge in [-0.3, -0.25) is 0 Å². The number of rotatable bonds is 2. The van der Waals surface area contributed by atoms with Crippen LogP contribution in [0.3, 0.4) is 0 Å². The average Bonchev–Trinajstić information content (AvgIpc) is 2.65. The maximum absolute atomic E-state index is 5.86. The van der Waals surface area contributed by atoms with Gasteiger partial charge >= 0.3 is 0 Å². The summed E-state index contributed by atoms with van der Waals surface area (Å²) >= 11 is 11.7. The van der Waals surface area contributed by atoms with E-state index in [9.17, 15) is 0 Å². The normalized spacial score (nSPS) is 19.4. The van der Waals surface area contributed by atoms with Crippen LogP contribution in [0.2, 0.25) is 10.3 Å². The molecule has 0 bridgehead atoms. The fraction of sp³-hybridized carbons (Fsp3) is 0.600. The molecule has 0 saturated heterocycles. The maximum Gasteiger partial charge on any atom is 0.163 e. The Balaban J connectivity index is 2.42. The van der Waals surface area contributed by atoms with Crippen molar-refractivity contribution in [2.24, 2.45) is 0 Å². The van der Waals surface area contributed by atoms with Gasteiger partial charge in [-0.05, 0) is 25.7 Å². The molecule has 0 aromatic carbocycles. The van der Waals surface area contributed by atoms with Crippen molar-refractivity contribution < 1.29 is 4.74 Å². The van der Waals surface area contributed by atoms with E-state index in [1.807, 2.05) is 0 Å². The predicted octanol–water partition coefficient (Wildman–Crippen LogP) is 3.20. The largest absolute Gasteiger partial charge is 0.370 e. The topological polar surface area (TPSA) is 35.0 Å². The van der Waals surface area contributed by atoms with E-state index in [-0.39, 0.29) is 5.60 Å². The molecule has 0 aliphatic heterocycles. The lowest BCUT2D eigenvalue weighted by Crippen LogP contribution is -2.27. The van der Waals surface area contributed by atoms with Crippen LogP contribution in [0, 0.1) is 0 Å². The molecule has 15 heavy (non-hydrogen) atoms. The fourth-order valence-corrected chi connectivity index (χ4v) is 2.48. The number of halogens is 2. The van der Waals surface area contributed by atoms with Crippen LogP contribution in [-0.2, 0) is 10.3 Å². The third-order valence-electron chi connectivity index (χ3n) is 2.87. The standard InChI is InChI=1S/C10H12Cl2N2O/c1-15-10(4-2-3-5-10)9-13-7(11)6-8(12)14-9/h6H,2-5H2,1H3. The second-order valence-electron chi connectivity index (χ2n) is 3.74. The van der Waals surface area contributed by atoms with Crippen LogP contribution < -0.4 is 0 Å². The van der Waals surface area contributed by atoms with E-state index in [4.69, 9.17) is 27.9 Å². The van der Waals surface area contributed by atoms with Crippen LogP contribution in [0.25, 0.3) is 0 Å². The van der Waals surface area contributed by atoms with Crippen molar-refractivity contribution in [1.29, 1.82) is 0 Å². The lowest BCUT2D eigenvalue weighted by atomic mass is 10.0. The molecule has 1 heterocycles. The molecule has 0 unspecified atom stereocenters. The molecule has 0 amide bonds. The highest BCUT2D eigenvalue weighted by molar-refractivity contribution is 6.33. The van der Waals surface area contributed by atoms with Crippen molar-refractivity contribution in [1.82, 2.24) is 9.97 Å². The van der Waals surface area contributed by atoms with Gasteiger partial charge in [-0.1, -0.05) is 23.2 Å². The predicted molar refractivity (Wildman–Crippen MR) is 59.2 cm³/mol. The van der Waals surface area contributed by atoms with Crippen molar-refractivity contribution in [3.05, 3.63) is 22.2 Å². The second kappa shape index (κ2) is 4.24. The van der Waals surface area contributed by atoms with Crippen LogP contribution in [0.15, 0.2) is 6.07 Å².